The number of carbonyl (C=O) groups is 1. The van der Waals surface area contributed by atoms with Crippen LogP contribution < -0.4 is 15.4 Å². The van der Waals surface area contributed by atoms with Crippen molar-refractivity contribution >= 4 is 29.2 Å². The van der Waals surface area contributed by atoms with E-state index in [1.54, 1.807) is 37.3 Å². The fourth-order valence-corrected chi connectivity index (χ4v) is 2.20. The summed E-state index contributed by atoms with van der Waals surface area (Å²) in [7, 11) is 1.53. The van der Waals surface area contributed by atoms with E-state index < -0.39 is 5.97 Å². The third kappa shape index (κ3) is 5.32. The number of nitrogens with zero attached hydrogens (tertiary/aromatic N) is 3. The number of aromatic carboxylic acids is 1. The normalized spacial score (nSPS) is 12.4. The molecular formula is C16H18ClN5O3. The lowest BCUT2D eigenvalue weighted by Gasteiger charge is -2.11. The lowest BCUT2D eigenvalue weighted by atomic mass is 10.2. The van der Waals surface area contributed by atoms with Gasteiger partial charge in [-0.3, -0.25) is 4.99 Å². The van der Waals surface area contributed by atoms with E-state index in [4.69, 9.17) is 21.4 Å². The van der Waals surface area contributed by atoms with E-state index >= 15 is 0 Å². The van der Waals surface area contributed by atoms with Crippen molar-refractivity contribution in [1.29, 1.82) is 0 Å². The Labute approximate surface area is 149 Å². The van der Waals surface area contributed by atoms with Gasteiger partial charge in [0.05, 0.1) is 19.2 Å². The molecule has 0 radical (unpaired) electrons. The van der Waals surface area contributed by atoms with Crippen molar-refractivity contribution in [2.24, 2.45) is 4.99 Å². The van der Waals surface area contributed by atoms with Gasteiger partial charge in [-0.1, -0.05) is 29.8 Å². The lowest BCUT2D eigenvalue weighted by Crippen LogP contribution is -2.26. The van der Waals surface area contributed by atoms with Crippen molar-refractivity contribution in [3.63, 3.8) is 0 Å². The van der Waals surface area contributed by atoms with E-state index in [-0.39, 0.29) is 0 Å². The minimum Gasteiger partial charge on any atom is -0.479 e. The zero-order valence-electron chi connectivity index (χ0n) is 13.8. The van der Waals surface area contributed by atoms with Crippen LogP contribution in [0.25, 0.3) is 0 Å². The molecule has 0 saturated carbocycles. The van der Waals surface area contributed by atoms with Gasteiger partial charge in [0.2, 0.25) is 5.88 Å². The highest BCUT2D eigenvalue weighted by atomic mass is 35.5. The van der Waals surface area contributed by atoms with Crippen LogP contribution in [-0.4, -0.2) is 47.2 Å². The summed E-state index contributed by atoms with van der Waals surface area (Å²) in [5.41, 5.74) is 0.861. The van der Waals surface area contributed by atoms with Crippen LogP contribution in [0.15, 0.2) is 35.3 Å². The predicted molar refractivity (Wildman–Crippen MR) is 95.7 cm³/mol. The smallest absolute Gasteiger partial charge is 0.335 e. The van der Waals surface area contributed by atoms with Crippen LogP contribution in [0, 0.1) is 6.92 Å². The number of carboxylic acids is 1. The molecule has 2 aromatic rings. The lowest BCUT2D eigenvalue weighted by molar-refractivity contribution is 0.0697. The number of anilines is 1. The quantitative estimate of drug-likeness (QED) is 0.717. The van der Waals surface area contributed by atoms with Gasteiger partial charge in [0.15, 0.2) is 11.1 Å². The predicted octanol–water partition coefficient (Wildman–Crippen LogP) is 2.20. The molecule has 2 heterocycles. The third-order valence-electron chi connectivity index (χ3n) is 3.08. The molecule has 132 valence electrons. The number of carboxylic acid groups (broad SMARTS) is 1. The van der Waals surface area contributed by atoms with Gasteiger partial charge in [-0.05, 0) is 19.1 Å². The molecule has 0 fully saturated rings. The molecule has 0 atom stereocenters. The van der Waals surface area contributed by atoms with E-state index in [9.17, 15) is 4.79 Å². The number of aromatic nitrogens is 2. The Morgan fingerprint density at radius 2 is 2.04 bits per heavy atom. The van der Waals surface area contributed by atoms with Crippen LogP contribution in [0.4, 0.5) is 5.69 Å². The Morgan fingerprint density at radius 1 is 1.32 bits per heavy atom. The summed E-state index contributed by atoms with van der Waals surface area (Å²) in [6, 6.07) is 8.30. The van der Waals surface area contributed by atoms with Crippen molar-refractivity contribution in [1.82, 2.24) is 15.3 Å². The van der Waals surface area contributed by atoms with Crippen LogP contribution in [0.1, 0.15) is 16.2 Å². The first-order chi connectivity index (χ1) is 12.0. The SMILES string of the molecule is COc1nc(C)nc(Cl)c1NC1=NCCN1.O=C(O)c1ccccc1. The Balaban J connectivity index is 0.000000212. The monoisotopic (exact) mass is 363 g/mol. The number of nitrogens with one attached hydrogen (secondary N) is 2. The minimum absolute atomic E-state index is 0.320. The molecule has 0 saturated heterocycles. The highest BCUT2D eigenvalue weighted by molar-refractivity contribution is 6.32. The van der Waals surface area contributed by atoms with Gasteiger partial charge >= 0.3 is 5.97 Å². The largest absolute Gasteiger partial charge is 0.479 e. The second kappa shape index (κ2) is 8.84. The van der Waals surface area contributed by atoms with E-state index in [2.05, 4.69) is 25.6 Å². The Kier molecular flexibility index (Phi) is 6.53. The maximum absolute atomic E-state index is 10.2. The standard InChI is InChI=1S/C9H12ClN5O.C7H6O2/c1-5-13-7(10)6(8(14-5)16-2)15-9-11-3-4-12-9;8-7(9)6-4-2-1-3-5-6/h3-4H2,1-2H3,(H2,11,12,15);1-5H,(H,8,9). The first-order valence-electron chi connectivity index (χ1n) is 7.43. The molecule has 1 aromatic carbocycles. The molecule has 0 amide bonds. The molecule has 0 spiro atoms. The number of hydrogen-bond acceptors (Lipinski definition) is 7. The maximum Gasteiger partial charge on any atom is 0.335 e. The molecule has 0 aliphatic carbocycles. The molecule has 0 bridgehead atoms. The number of rotatable bonds is 3. The van der Waals surface area contributed by atoms with Crippen LogP contribution in [-0.2, 0) is 0 Å². The van der Waals surface area contributed by atoms with Crippen LogP contribution in [0.3, 0.4) is 0 Å². The summed E-state index contributed by atoms with van der Waals surface area (Å²) < 4.78 is 5.14. The zero-order chi connectivity index (χ0) is 18.2. The number of halogens is 1. The van der Waals surface area contributed by atoms with E-state index in [0.29, 0.717) is 34.1 Å². The summed E-state index contributed by atoms with van der Waals surface area (Å²) in [6.07, 6.45) is 0. The number of aliphatic imine (C=N–C) groups is 1. The third-order valence-corrected chi connectivity index (χ3v) is 3.35. The summed E-state index contributed by atoms with van der Waals surface area (Å²) in [5, 5.41) is 14.8. The van der Waals surface area contributed by atoms with Gasteiger partial charge in [-0.2, -0.15) is 4.98 Å². The number of aryl methyl sites for hydroxylation is 1. The number of hydrogen-bond donors (Lipinski definition) is 3. The molecule has 3 N–H and O–H groups in total. The van der Waals surface area contributed by atoms with Crippen LogP contribution in [0.5, 0.6) is 5.88 Å². The molecule has 8 nitrogen and oxygen atoms in total. The van der Waals surface area contributed by atoms with Gasteiger partial charge in [0, 0.05) is 6.54 Å². The molecule has 1 aliphatic rings. The zero-order valence-corrected chi connectivity index (χ0v) is 14.5. The Bertz CT molecular complexity index is 768. The van der Waals surface area contributed by atoms with Gasteiger partial charge in [0.1, 0.15) is 11.5 Å². The topological polar surface area (TPSA) is 109 Å². The van der Waals surface area contributed by atoms with Crippen LogP contribution in [0.2, 0.25) is 5.15 Å². The van der Waals surface area contributed by atoms with Gasteiger partial charge in [-0.15, -0.1) is 0 Å². The second-order valence-corrected chi connectivity index (χ2v) is 5.26. The number of guanidine groups is 1. The summed E-state index contributed by atoms with van der Waals surface area (Å²) >= 11 is 6.02. The first-order valence-corrected chi connectivity index (χ1v) is 7.81. The molecule has 0 unspecified atom stereocenters. The number of methoxy groups -OCH3 is 1. The number of benzene rings is 1. The minimum atomic E-state index is -0.879. The van der Waals surface area contributed by atoms with Gasteiger partial charge in [-0.25, -0.2) is 9.78 Å². The maximum atomic E-state index is 10.2. The molecule has 1 aromatic heterocycles. The highest BCUT2D eigenvalue weighted by Crippen LogP contribution is 2.28. The Morgan fingerprint density at radius 3 is 2.56 bits per heavy atom. The van der Waals surface area contributed by atoms with E-state index in [1.165, 1.54) is 7.11 Å². The summed E-state index contributed by atoms with van der Waals surface area (Å²) in [4.78, 5) is 22.6. The van der Waals surface area contributed by atoms with E-state index in [1.807, 2.05) is 0 Å². The molecule has 3 rings (SSSR count). The van der Waals surface area contributed by atoms with Crippen molar-refractivity contribution in [2.45, 2.75) is 6.92 Å². The van der Waals surface area contributed by atoms with Crippen LogP contribution >= 0.6 is 11.6 Å². The fourth-order valence-electron chi connectivity index (χ4n) is 1.95. The van der Waals surface area contributed by atoms with Crippen molar-refractivity contribution in [2.75, 3.05) is 25.5 Å². The van der Waals surface area contributed by atoms with Crippen molar-refractivity contribution in [3.05, 3.63) is 46.9 Å². The average molecular weight is 364 g/mol. The van der Waals surface area contributed by atoms with Gasteiger partial charge in [0.25, 0.3) is 0 Å². The summed E-state index contributed by atoms with van der Waals surface area (Å²) in [6.45, 7) is 3.31. The molecule has 9 heteroatoms. The van der Waals surface area contributed by atoms with Crippen molar-refractivity contribution in [3.8, 4) is 5.88 Å². The van der Waals surface area contributed by atoms with Gasteiger partial charge < -0.3 is 20.5 Å². The average Bonchev–Trinajstić information content (AvgIpc) is 3.11. The Hall–Kier alpha value is -2.87. The van der Waals surface area contributed by atoms with Crippen molar-refractivity contribution < 1.29 is 14.6 Å². The molecule has 25 heavy (non-hydrogen) atoms. The summed E-state index contributed by atoms with van der Waals surface area (Å²) in [5.74, 6) is 0.755. The van der Waals surface area contributed by atoms with E-state index in [0.717, 1.165) is 13.1 Å². The highest BCUT2D eigenvalue weighted by Gasteiger charge is 2.15. The second-order valence-electron chi connectivity index (χ2n) is 4.90. The fraction of sp³-hybridized carbons (Fsp3) is 0.250. The molecular weight excluding hydrogens is 346 g/mol. The molecule has 1 aliphatic heterocycles. The first kappa shape index (κ1) is 18.5. The number of ether oxygens (including phenoxy) is 1.